The van der Waals surface area contributed by atoms with Crippen LogP contribution in [0.4, 0.5) is 0 Å². The molecule has 0 saturated carbocycles. The first-order chi connectivity index (χ1) is 6.46. The van der Waals surface area contributed by atoms with Gasteiger partial charge in [-0.2, -0.15) is 13.1 Å². The molecule has 1 rings (SSSR count). The van der Waals surface area contributed by atoms with Crippen LogP contribution in [0.2, 0.25) is 0 Å². The zero-order valence-corrected chi connectivity index (χ0v) is 8.72. The molecule has 80 valence electrons. The summed E-state index contributed by atoms with van der Waals surface area (Å²) in [7, 11) is -3.50. The minimum atomic E-state index is -3.50. The smallest absolute Gasteiger partial charge is 0.337 e. The van der Waals surface area contributed by atoms with E-state index < -0.39 is 22.2 Å². The largest absolute Gasteiger partial charge is 0.463 e. The van der Waals surface area contributed by atoms with Crippen molar-refractivity contribution in [2.45, 2.75) is 19.9 Å². The van der Waals surface area contributed by atoms with Crippen LogP contribution >= 0.6 is 0 Å². The van der Waals surface area contributed by atoms with E-state index in [9.17, 15) is 13.2 Å². The molecule has 0 aromatic heterocycles. The normalized spacial score (nSPS) is 24.7. The summed E-state index contributed by atoms with van der Waals surface area (Å²) in [5.41, 5.74) is 0.265. The topological polar surface area (TPSA) is 84.5 Å². The molecule has 6 nitrogen and oxygen atoms in total. The summed E-state index contributed by atoms with van der Waals surface area (Å²) >= 11 is 0. The number of hydrogen-bond acceptors (Lipinski definition) is 4. The molecule has 0 amide bonds. The van der Waals surface area contributed by atoms with Crippen LogP contribution in [-0.2, 0) is 19.7 Å². The fourth-order valence-electron chi connectivity index (χ4n) is 1.05. The summed E-state index contributed by atoms with van der Waals surface area (Å²) in [6.45, 7) is 3.51. The van der Waals surface area contributed by atoms with Crippen LogP contribution in [0.15, 0.2) is 11.8 Å². The zero-order chi connectivity index (χ0) is 10.8. The van der Waals surface area contributed by atoms with Gasteiger partial charge in [0.05, 0.1) is 18.2 Å². The van der Waals surface area contributed by atoms with E-state index in [1.165, 1.54) is 0 Å². The van der Waals surface area contributed by atoms with Gasteiger partial charge >= 0.3 is 5.97 Å². The zero-order valence-electron chi connectivity index (χ0n) is 7.90. The van der Waals surface area contributed by atoms with Crippen LogP contribution in [0.25, 0.3) is 0 Å². The molecule has 2 N–H and O–H groups in total. The molecule has 1 heterocycles. The summed E-state index contributed by atoms with van der Waals surface area (Å²) in [6, 6.07) is -0.569. The van der Waals surface area contributed by atoms with Crippen molar-refractivity contribution in [1.29, 1.82) is 0 Å². The van der Waals surface area contributed by atoms with E-state index in [0.29, 0.717) is 0 Å². The van der Waals surface area contributed by atoms with Crippen LogP contribution < -0.4 is 9.44 Å². The van der Waals surface area contributed by atoms with E-state index in [-0.39, 0.29) is 12.2 Å². The van der Waals surface area contributed by atoms with Crippen molar-refractivity contribution in [3.8, 4) is 0 Å². The maximum Gasteiger partial charge on any atom is 0.337 e. The van der Waals surface area contributed by atoms with Gasteiger partial charge in [0.1, 0.15) is 0 Å². The molecule has 0 bridgehead atoms. The lowest BCUT2D eigenvalue weighted by molar-refractivity contribution is -0.138. The molecule has 0 fully saturated rings. The molecular weight excluding hydrogens is 208 g/mol. The van der Waals surface area contributed by atoms with Gasteiger partial charge < -0.3 is 4.74 Å². The Morgan fingerprint density at radius 3 is 2.79 bits per heavy atom. The van der Waals surface area contributed by atoms with E-state index in [1.54, 1.807) is 13.8 Å². The minimum Gasteiger partial charge on any atom is -0.463 e. The summed E-state index contributed by atoms with van der Waals surface area (Å²) in [5.74, 6) is -0.519. The van der Waals surface area contributed by atoms with Crippen LogP contribution in [0.1, 0.15) is 13.8 Å². The van der Waals surface area contributed by atoms with Crippen molar-refractivity contribution in [1.82, 2.24) is 9.44 Å². The molecule has 0 radical (unpaired) electrons. The molecular formula is C7H12N2O4S. The first-order valence-electron chi connectivity index (χ1n) is 4.13. The number of carbonyl (C=O) groups excluding carboxylic acids is 1. The van der Waals surface area contributed by atoms with Crippen molar-refractivity contribution in [3.63, 3.8) is 0 Å². The highest BCUT2D eigenvalue weighted by Gasteiger charge is 2.26. The molecule has 7 heteroatoms. The van der Waals surface area contributed by atoms with Crippen LogP contribution in [0.3, 0.4) is 0 Å². The number of carbonyl (C=O) groups is 1. The summed E-state index contributed by atoms with van der Waals surface area (Å²) in [6.07, 6.45) is 1.15. The van der Waals surface area contributed by atoms with Crippen molar-refractivity contribution >= 4 is 16.2 Å². The van der Waals surface area contributed by atoms with E-state index >= 15 is 0 Å². The lowest BCUT2D eigenvalue weighted by atomic mass is 10.1. The van der Waals surface area contributed by atoms with Gasteiger partial charge in [0, 0.05) is 6.20 Å². The molecule has 0 saturated heterocycles. The monoisotopic (exact) mass is 220 g/mol. The Morgan fingerprint density at radius 2 is 2.29 bits per heavy atom. The summed E-state index contributed by atoms with van der Waals surface area (Å²) in [5, 5.41) is 0. The predicted octanol–water partition coefficient (Wildman–Crippen LogP) is -0.740. The number of hydrogen-bond donors (Lipinski definition) is 2. The van der Waals surface area contributed by atoms with Gasteiger partial charge in [-0.1, -0.05) is 0 Å². The minimum absolute atomic E-state index is 0.260. The highest BCUT2D eigenvalue weighted by Crippen LogP contribution is 2.09. The van der Waals surface area contributed by atoms with Crippen LogP contribution in [-0.4, -0.2) is 27.0 Å². The average Bonchev–Trinajstić information content (AvgIpc) is 2.02. The number of ether oxygens (including phenoxy) is 1. The highest BCUT2D eigenvalue weighted by atomic mass is 32.2. The highest BCUT2D eigenvalue weighted by molar-refractivity contribution is 7.87. The number of esters is 1. The lowest BCUT2D eigenvalue weighted by Gasteiger charge is -2.21. The predicted molar refractivity (Wildman–Crippen MR) is 49.4 cm³/mol. The lowest BCUT2D eigenvalue weighted by Crippen LogP contribution is -2.46. The maximum absolute atomic E-state index is 11.3. The molecule has 14 heavy (non-hydrogen) atoms. The van der Waals surface area contributed by atoms with E-state index in [2.05, 4.69) is 9.44 Å². The van der Waals surface area contributed by atoms with Gasteiger partial charge in [0.25, 0.3) is 10.2 Å². The molecule has 1 aliphatic heterocycles. The van der Waals surface area contributed by atoms with E-state index in [0.717, 1.165) is 6.20 Å². The van der Waals surface area contributed by atoms with Gasteiger partial charge in [0.2, 0.25) is 0 Å². The summed E-state index contributed by atoms with van der Waals surface area (Å²) < 4.78 is 31.0. The van der Waals surface area contributed by atoms with E-state index in [4.69, 9.17) is 4.74 Å². The molecule has 0 aliphatic carbocycles. The quantitative estimate of drug-likeness (QED) is 0.600. The Bertz CT molecular complexity index is 360. The van der Waals surface area contributed by atoms with Gasteiger partial charge in [-0.05, 0) is 13.8 Å². The van der Waals surface area contributed by atoms with Gasteiger partial charge in [-0.25, -0.2) is 4.79 Å². The molecule has 1 aliphatic rings. The SMILES string of the molecule is CCOC(=O)C1=CNS(=O)(=O)NC1C. The third-order valence-corrected chi connectivity index (χ3v) is 2.77. The first-order valence-corrected chi connectivity index (χ1v) is 5.61. The van der Waals surface area contributed by atoms with Crippen molar-refractivity contribution in [2.75, 3.05) is 6.61 Å². The van der Waals surface area contributed by atoms with Crippen molar-refractivity contribution < 1.29 is 17.9 Å². The Balaban J connectivity index is 2.82. The van der Waals surface area contributed by atoms with Crippen LogP contribution in [0.5, 0.6) is 0 Å². The first kappa shape index (κ1) is 11.0. The second-order valence-corrected chi connectivity index (χ2v) is 4.26. The fourth-order valence-corrected chi connectivity index (χ4v) is 1.99. The van der Waals surface area contributed by atoms with E-state index in [1.807, 2.05) is 0 Å². The fraction of sp³-hybridized carbons (Fsp3) is 0.571. The molecule has 0 spiro atoms. The third kappa shape index (κ3) is 2.46. The second-order valence-electron chi connectivity index (χ2n) is 2.78. The van der Waals surface area contributed by atoms with Gasteiger partial charge in [-0.3, -0.25) is 4.72 Å². The average molecular weight is 220 g/mol. The summed E-state index contributed by atoms with van der Waals surface area (Å²) in [4.78, 5) is 11.3. The molecule has 0 aromatic carbocycles. The van der Waals surface area contributed by atoms with Gasteiger partial charge in [-0.15, -0.1) is 0 Å². The molecule has 1 atom stereocenters. The van der Waals surface area contributed by atoms with Crippen molar-refractivity contribution in [3.05, 3.63) is 11.8 Å². The Hall–Kier alpha value is -1.08. The standard InChI is InChI=1S/C7H12N2O4S/c1-3-13-7(10)6-4-8-14(11,12)9-5(6)2/h4-5,8-9H,3H2,1-2H3. The second kappa shape index (κ2) is 3.97. The number of nitrogens with one attached hydrogen (secondary N) is 2. The van der Waals surface area contributed by atoms with Crippen molar-refractivity contribution in [2.24, 2.45) is 0 Å². The van der Waals surface area contributed by atoms with Gasteiger partial charge in [0.15, 0.2) is 0 Å². The Labute approximate surface area is 82.5 Å². The maximum atomic E-state index is 11.3. The number of rotatable bonds is 2. The molecule has 0 aromatic rings. The Kier molecular flexibility index (Phi) is 3.12. The Morgan fingerprint density at radius 1 is 1.64 bits per heavy atom. The van der Waals surface area contributed by atoms with Crippen LogP contribution in [0, 0.1) is 0 Å². The molecule has 1 unspecified atom stereocenters. The third-order valence-electron chi connectivity index (χ3n) is 1.68.